The molecule has 9 heteroatoms. The lowest BCUT2D eigenvalue weighted by Gasteiger charge is -2.37. The number of carbonyl (C=O) groups is 2. The topological polar surface area (TPSA) is 122 Å². The summed E-state index contributed by atoms with van der Waals surface area (Å²) in [6.07, 6.45) is 9.69. The molecular formula is C25H34N6O3. The number of pyridine rings is 1. The van der Waals surface area contributed by atoms with E-state index in [1.165, 1.54) is 0 Å². The summed E-state index contributed by atoms with van der Waals surface area (Å²) in [4.78, 5) is 32.9. The minimum atomic E-state index is -0.619. The Morgan fingerprint density at radius 3 is 2.85 bits per heavy atom. The zero-order valence-electron chi connectivity index (χ0n) is 20.0. The molecule has 0 radical (unpaired) electrons. The van der Waals surface area contributed by atoms with Gasteiger partial charge in [-0.15, -0.1) is 0 Å². The van der Waals surface area contributed by atoms with Crippen LogP contribution in [0.25, 0.3) is 0 Å². The number of nitrogens with zero attached hydrogens (tertiary/aromatic N) is 3. The lowest BCUT2D eigenvalue weighted by molar-refractivity contribution is 0.0958. The van der Waals surface area contributed by atoms with Crippen molar-refractivity contribution < 1.29 is 15.8 Å². The van der Waals surface area contributed by atoms with Crippen molar-refractivity contribution in [3.8, 4) is 0 Å². The fourth-order valence-electron chi connectivity index (χ4n) is 4.77. The van der Waals surface area contributed by atoms with Gasteiger partial charge in [0.15, 0.2) is 0 Å². The number of amidine groups is 2. The molecule has 1 fully saturated rings. The van der Waals surface area contributed by atoms with Gasteiger partial charge in [0.25, 0.3) is 5.91 Å². The lowest BCUT2D eigenvalue weighted by atomic mass is 9.80. The van der Waals surface area contributed by atoms with Crippen molar-refractivity contribution in [1.82, 2.24) is 20.1 Å². The molecule has 1 unspecified atom stereocenters. The van der Waals surface area contributed by atoms with Gasteiger partial charge in [-0.25, -0.2) is 4.79 Å². The van der Waals surface area contributed by atoms with Gasteiger partial charge in [-0.2, -0.15) is 0 Å². The summed E-state index contributed by atoms with van der Waals surface area (Å²) in [6.45, 7) is 7.05. The quantitative estimate of drug-likeness (QED) is 0.459. The molecule has 1 aromatic rings. The molecule has 182 valence electrons. The van der Waals surface area contributed by atoms with Crippen LogP contribution in [0, 0.1) is 16.2 Å². The first-order chi connectivity index (χ1) is 16.2. The standard InChI is InChI=1S/C25H32N6O3.H2/c1-4-34-24(33)30-11-9-17-14-28-20(12-18(17)15-30)22(32)29-19-6-5-10-25(3,13-19)23(27)31-16(2)7-8-21(31)26;/h5-6,10,12,14,16,26-27H,4,7-9,11,13,15H2,1-3H3,(H,29,32);1H/t16-,25?;/m1./s1. The number of likely N-dealkylation sites (tertiary alicyclic amines) is 1. The Balaban J connectivity index is 0.00000342. The van der Waals surface area contributed by atoms with E-state index in [0.717, 1.165) is 17.5 Å². The number of allylic oxidation sites excluding steroid dienone is 3. The molecular weight excluding hydrogens is 432 g/mol. The highest BCUT2D eigenvalue weighted by Crippen LogP contribution is 2.35. The van der Waals surface area contributed by atoms with Crippen LogP contribution in [0.2, 0.25) is 0 Å². The predicted molar refractivity (Wildman–Crippen MR) is 131 cm³/mol. The molecule has 3 N–H and O–H groups in total. The van der Waals surface area contributed by atoms with Crippen LogP contribution in [0.5, 0.6) is 0 Å². The number of carbonyl (C=O) groups excluding carboxylic acids is 2. The molecule has 2 atom stereocenters. The monoisotopic (exact) mass is 466 g/mol. The van der Waals surface area contributed by atoms with Gasteiger partial charge in [0, 0.05) is 50.7 Å². The SMILES string of the molecule is CCOC(=O)N1CCc2cnc(C(=O)NC3=CC=CC(C)(C(=N)N4C(=N)CC[C@H]4C)C3)cc2C1.[HH]. The van der Waals surface area contributed by atoms with E-state index < -0.39 is 5.41 Å². The number of ether oxygens (including phenoxy) is 1. The first-order valence-electron chi connectivity index (χ1n) is 11.8. The van der Waals surface area contributed by atoms with Crippen molar-refractivity contribution in [3.63, 3.8) is 0 Å². The Kier molecular flexibility index (Phi) is 6.54. The number of amides is 2. The molecule has 0 bridgehead atoms. The van der Waals surface area contributed by atoms with E-state index in [0.29, 0.717) is 56.3 Å². The smallest absolute Gasteiger partial charge is 0.410 e. The maximum Gasteiger partial charge on any atom is 0.410 e. The van der Waals surface area contributed by atoms with Gasteiger partial charge < -0.3 is 19.9 Å². The number of nitrogens with one attached hydrogen (secondary N) is 3. The van der Waals surface area contributed by atoms with Gasteiger partial charge >= 0.3 is 6.09 Å². The van der Waals surface area contributed by atoms with Crippen molar-refractivity contribution in [1.29, 1.82) is 10.8 Å². The van der Waals surface area contributed by atoms with E-state index >= 15 is 0 Å². The Morgan fingerprint density at radius 1 is 1.35 bits per heavy atom. The molecule has 3 aliphatic rings. The summed E-state index contributed by atoms with van der Waals surface area (Å²) in [5.41, 5.74) is 2.29. The Morgan fingerprint density at radius 2 is 2.15 bits per heavy atom. The summed E-state index contributed by atoms with van der Waals surface area (Å²) in [7, 11) is 0. The highest BCUT2D eigenvalue weighted by atomic mass is 16.6. The summed E-state index contributed by atoms with van der Waals surface area (Å²) >= 11 is 0. The molecule has 2 aliphatic heterocycles. The molecule has 1 saturated heterocycles. The highest BCUT2D eigenvalue weighted by molar-refractivity contribution is 6.03. The molecule has 2 amide bonds. The van der Waals surface area contributed by atoms with Crippen LogP contribution < -0.4 is 5.32 Å². The molecule has 34 heavy (non-hydrogen) atoms. The first-order valence-corrected chi connectivity index (χ1v) is 11.8. The number of fused-ring (bicyclic) bond motifs is 1. The third kappa shape index (κ3) is 4.60. The van der Waals surface area contributed by atoms with Crippen LogP contribution in [0.15, 0.2) is 36.2 Å². The van der Waals surface area contributed by atoms with Crippen LogP contribution in [-0.4, -0.2) is 57.6 Å². The Labute approximate surface area is 201 Å². The lowest BCUT2D eigenvalue weighted by Crippen LogP contribution is -2.46. The van der Waals surface area contributed by atoms with Crippen LogP contribution >= 0.6 is 0 Å². The minimum Gasteiger partial charge on any atom is -0.450 e. The second-order valence-corrected chi connectivity index (χ2v) is 9.36. The van der Waals surface area contributed by atoms with Crippen molar-refractivity contribution in [2.75, 3.05) is 13.2 Å². The summed E-state index contributed by atoms with van der Waals surface area (Å²) in [5.74, 6) is 0.528. The van der Waals surface area contributed by atoms with Crippen LogP contribution in [0.1, 0.15) is 63.1 Å². The number of hydrogen-bond donors (Lipinski definition) is 3. The predicted octanol–water partition coefficient (Wildman–Crippen LogP) is 3.86. The molecule has 1 aromatic heterocycles. The van der Waals surface area contributed by atoms with Crippen molar-refractivity contribution in [3.05, 3.63) is 53.0 Å². The number of aromatic nitrogens is 1. The van der Waals surface area contributed by atoms with E-state index in [2.05, 4.69) is 10.3 Å². The van der Waals surface area contributed by atoms with Gasteiger partial charge in [-0.3, -0.25) is 20.6 Å². The maximum absolute atomic E-state index is 13.0. The Bertz CT molecular complexity index is 1100. The second-order valence-electron chi connectivity index (χ2n) is 9.36. The molecule has 0 spiro atoms. The summed E-state index contributed by atoms with van der Waals surface area (Å²) < 4.78 is 5.11. The minimum absolute atomic E-state index is 0. The van der Waals surface area contributed by atoms with Gasteiger partial charge in [0.05, 0.1) is 6.61 Å². The van der Waals surface area contributed by atoms with E-state index in [4.69, 9.17) is 15.6 Å². The van der Waals surface area contributed by atoms with Gasteiger partial charge in [-0.1, -0.05) is 12.2 Å². The van der Waals surface area contributed by atoms with Crippen molar-refractivity contribution in [2.45, 2.75) is 59.0 Å². The van der Waals surface area contributed by atoms with E-state index in [1.807, 2.05) is 32.1 Å². The largest absolute Gasteiger partial charge is 0.450 e. The fraction of sp³-hybridized carbons (Fsp3) is 0.480. The summed E-state index contributed by atoms with van der Waals surface area (Å²) in [6, 6.07) is 1.87. The number of hydrogen-bond acceptors (Lipinski definition) is 6. The highest BCUT2D eigenvalue weighted by Gasteiger charge is 2.39. The van der Waals surface area contributed by atoms with Crippen molar-refractivity contribution in [2.24, 2.45) is 5.41 Å². The van der Waals surface area contributed by atoms with Crippen LogP contribution in [-0.2, 0) is 17.7 Å². The molecule has 3 heterocycles. The second kappa shape index (κ2) is 9.40. The molecule has 0 aromatic carbocycles. The normalized spacial score (nSPS) is 23.9. The first kappa shape index (κ1) is 23.7. The third-order valence-electron chi connectivity index (χ3n) is 6.76. The maximum atomic E-state index is 13.0. The van der Waals surface area contributed by atoms with Crippen LogP contribution in [0.3, 0.4) is 0 Å². The van der Waals surface area contributed by atoms with Crippen molar-refractivity contribution >= 4 is 23.7 Å². The van der Waals surface area contributed by atoms with Crippen LogP contribution in [0.4, 0.5) is 4.79 Å². The van der Waals surface area contributed by atoms with E-state index in [9.17, 15) is 9.59 Å². The zero-order chi connectivity index (χ0) is 24.5. The van der Waals surface area contributed by atoms with E-state index in [-0.39, 0.29) is 25.2 Å². The average Bonchev–Trinajstić information content (AvgIpc) is 3.15. The van der Waals surface area contributed by atoms with E-state index in [1.54, 1.807) is 29.0 Å². The average molecular weight is 467 g/mol. The zero-order valence-corrected chi connectivity index (χ0v) is 20.0. The third-order valence-corrected chi connectivity index (χ3v) is 6.76. The fourth-order valence-corrected chi connectivity index (χ4v) is 4.77. The molecule has 0 saturated carbocycles. The summed E-state index contributed by atoms with van der Waals surface area (Å²) in [5, 5.41) is 20.0. The van der Waals surface area contributed by atoms with Gasteiger partial charge in [0.2, 0.25) is 0 Å². The van der Waals surface area contributed by atoms with Gasteiger partial charge in [-0.05, 0) is 56.9 Å². The number of rotatable bonds is 4. The Hall–Kier alpha value is -3.49. The van der Waals surface area contributed by atoms with Gasteiger partial charge in [0.1, 0.15) is 17.4 Å². The molecule has 1 aliphatic carbocycles. The molecule has 4 rings (SSSR count). The molecule has 9 nitrogen and oxygen atoms in total.